The van der Waals surface area contributed by atoms with Gasteiger partial charge in [-0.3, -0.25) is 0 Å². The molecule has 0 saturated heterocycles. The van der Waals surface area contributed by atoms with E-state index in [1.807, 2.05) is 13.8 Å². The number of rotatable bonds is 9. The molecule has 0 fully saturated rings. The summed E-state index contributed by atoms with van der Waals surface area (Å²) < 4.78 is 5.47. The number of hydrogen-bond donors (Lipinski definition) is 2. The largest absolute Gasteiger partial charge is 0.389 e. The van der Waals surface area contributed by atoms with Gasteiger partial charge in [-0.25, -0.2) is 0 Å². The van der Waals surface area contributed by atoms with Crippen molar-refractivity contribution in [3.63, 3.8) is 0 Å². The number of nitrogens with two attached hydrogens (primary N) is 1. The van der Waals surface area contributed by atoms with E-state index in [1.54, 1.807) is 6.92 Å². The minimum Gasteiger partial charge on any atom is -0.389 e. The number of aliphatic hydroxyl groups is 1. The van der Waals surface area contributed by atoms with E-state index in [2.05, 4.69) is 11.9 Å². The Bertz CT molecular complexity index is 172. The van der Waals surface area contributed by atoms with Crippen LogP contribution < -0.4 is 5.73 Å². The summed E-state index contributed by atoms with van der Waals surface area (Å²) in [6, 6.07) is 0. The molecule has 4 nitrogen and oxygen atoms in total. The summed E-state index contributed by atoms with van der Waals surface area (Å²) in [4.78, 5) is 2.22. The molecule has 0 aliphatic rings. The Morgan fingerprint density at radius 1 is 1.38 bits per heavy atom. The summed E-state index contributed by atoms with van der Waals surface area (Å²) in [5.74, 6) is 0. The van der Waals surface area contributed by atoms with Gasteiger partial charge in [0.1, 0.15) is 0 Å². The van der Waals surface area contributed by atoms with Crippen LogP contribution in [0.3, 0.4) is 0 Å². The zero-order valence-electron chi connectivity index (χ0n) is 11.2. The molecule has 4 heteroatoms. The Labute approximate surface area is 99.8 Å². The van der Waals surface area contributed by atoms with Crippen LogP contribution >= 0.6 is 0 Å². The molecule has 0 aromatic heterocycles. The Morgan fingerprint density at radius 2 is 2.00 bits per heavy atom. The van der Waals surface area contributed by atoms with E-state index in [9.17, 15) is 5.11 Å². The third-order valence-electron chi connectivity index (χ3n) is 2.62. The summed E-state index contributed by atoms with van der Waals surface area (Å²) in [5, 5.41) is 9.72. The van der Waals surface area contributed by atoms with Gasteiger partial charge in [-0.05, 0) is 47.2 Å². The van der Waals surface area contributed by atoms with Gasteiger partial charge in [-0.15, -0.1) is 0 Å². The Kier molecular flexibility index (Phi) is 7.93. The standard InChI is InChI=1S/C12H28N2O2/c1-11(2)16-9-8-14(4)7-5-6-12(3,15)10-13/h11,15H,5-10,13H2,1-4H3. The van der Waals surface area contributed by atoms with Crippen molar-refractivity contribution in [1.82, 2.24) is 4.90 Å². The second-order valence-corrected chi connectivity index (χ2v) is 5.03. The lowest BCUT2D eigenvalue weighted by Crippen LogP contribution is -2.35. The average Bonchev–Trinajstić information content (AvgIpc) is 2.17. The zero-order chi connectivity index (χ0) is 12.6. The highest BCUT2D eigenvalue weighted by molar-refractivity contribution is 4.73. The summed E-state index contributed by atoms with van der Waals surface area (Å²) in [6.45, 7) is 8.86. The average molecular weight is 232 g/mol. The first-order valence-corrected chi connectivity index (χ1v) is 6.10. The lowest BCUT2D eigenvalue weighted by Gasteiger charge is -2.23. The second kappa shape index (κ2) is 8.01. The molecule has 0 heterocycles. The predicted molar refractivity (Wildman–Crippen MR) is 67.5 cm³/mol. The Morgan fingerprint density at radius 3 is 2.50 bits per heavy atom. The molecule has 0 radical (unpaired) electrons. The van der Waals surface area contributed by atoms with E-state index in [0.29, 0.717) is 12.6 Å². The Hall–Kier alpha value is -0.160. The van der Waals surface area contributed by atoms with Crippen LogP contribution in [0.15, 0.2) is 0 Å². The lowest BCUT2D eigenvalue weighted by atomic mass is 10.0. The molecule has 0 aliphatic heterocycles. The fraction of sp³-hybridized carbons (Fsp3) is 1.00. The number of nitrogens with zero attached hydrogens (tertiary/aromatic N) is 1. The molecule has 16 heavy (non-hydrogen) atoms. The summed E-state index contributed by atoms with van der Waals surface area (Å²) in [5.41, 5.74) is 4.74. The molecule has 0 aromatic carbocycles. The van der Waals surface area contributed by atoms with Gasteiger partial charge in [0.05, 0.1) is 18.3 Å². The van der Waals surface area contributed by atoms with Gasteiger partial charge in [0.25, 0.3) is 0 Å². The van der Waals surface area contributed by atoms with Crippen molar-refractivity contribution in [3.8, 4) is 0 Å². The lowest BCUT2D eigenvalue weighted by molar-refractivity contribution is 0.0488. The quantitative estimate of drug-likeness (QED) is 0.618. The van der Waals surface area contributed by atoms with E-state index in [-0.39, 0.29) is 0 Å². The molecule has 1 atom stereocenters. The van der Waals surface area contributed by atoms with E-state index < -0.39 is 5.60 Å². The predicted octanol–water partition coefficient (Wildman–Crippen LogP) is 0.833. The van der Waals surface area contributed by atoms with E-state index >= 15 is 0 Å². The van der Waals surface area contributed by atoms with Gasteiger partial charge in [0.15, 0.2) is 0 Å². The van der Waals surface area contributed by atoms with Gasteiger partial charge in [-0.2, -0.15) is 0 Å². The van der Waals surface area contributed by atoms with Crippen molar-refractivity contribution >= 4 is 0 Å². The van der Waals surface area contributed by atoms with Crippen LogP contribution in [0.1, 0.15) is 33.6 Å². The fourth-order valence-corrected chi connectivity index (χ4v) is 1.39. The summed E-state index contributed by atoms with van der Waals surface area (Å²) in [7, 11) is 2.07. The molecular weight excluding hydrogens is 204 g/mol. The molecule has 0 aliphatic carbocycles. The first-order chi connectivity index (χ1) is 7.37. The third-order valence-corrected chi connectivity index (χ3v) is 2.62. The molecule has 0 aromatic rings. The molecule has 0 amide bonds. The highest BCUT2D eigenvalue weighted by Crippen LogP contribution is 2.09. The van der Waals surface area contributed by atoms with E-state index in [4.69, 9.17) is 10.5 Å². The number of ether oxygens (including phenoxy) is 1. The minimum atomic E-state index is -0.713. The molecular formula is C12H28N2O2. The van der Waals surface area contributed by atoms with Crippen LogP contribution in [0.25, 0.3) is 0 Å². The molecule has 0 spiro atoms. The van der Waals surface area contributed by atoms with Crippen molar-refractivity contribution in [3.05, 3.63) is 0 Å². The monoisotopic (exact) mass is 232 g/mol. The molecule has 0 rings (SSSR count). The maximum Gasteiger partial charge on any atom is 0.0741 e. The normalized spacial score (nSPS) is 15.8. The van der Waals surface area contributed by atoms with Crippen LogP contribution in [0.5, 0.6) is 0 Å². The molecule has 1 unspecified atom stereocenters. The third kappa shape index (κ3) is 9.09. The maximum atomic E-state index is 9.72. The van der Waals surface area contributed by atoms with Crippen LogP contribution in [-0.4, -0.2) is 55.0 Å². The van der Waals surface area contributed by atoms with Gasteiger partial charge >= 0.3 is 0 Å². The molecule has 3 N–H and O–H groups in total. The number of hydrogen-bond acceptors (Lipinski definition) is 4. The first-order valence-electron chi connectivity index (χ1n) is 6.10. The van der Waals surface area contributed by atoms with E-state index in [1.165, 1.54) is 0 Å². The summed E-state index contributed by atoms with van der Waals surface area (Å²) in [6.07, 6.45) is 2.01. The van der Waals surface area contributed by atoms with E-state index in [0.717, 1.165) is 32.5 Å². The van der Waals surface area contributed by atoms with Gasteiger partial charge in [-0.1, -0.05) is 0 Å². The fourth-order valence-electron chi connectivity index (χ4n) is 1.39. The van der Waals surface area contributed by atoms with Gasteiger partial charge < -0.3 is 20.5 Å². The maximum absolute atomic E-state index is 9.72. The van der Waals surface area contributed by atoms with Gasteiger partial charge in [0.2, 0.25) is 0 Å². The van der Waals surface area contributed by atoms with Crippen molar-refractivity contribution in [2.24, 2.45) is 5.73 Å². The molecule has 0 saturated carbocycles. The summed E-state index contributed by atoms with van der Waals surface area (Å²) >= 11 is 0. The van der Waals surface area contributed by atoms with Crippen molar-refractivity contribution < 1.29 is 9.84 Å². The second-order valence-electron chi connectivity index (χ2n) is 5.03. The van der Waals surface area contributed by atoms with Crippen molar-refractivity contribution in [1.29, 1.82) is 0 Å². The zero-order valence-corrected chi connectivity index (χ0v) is 11.2. The minimum absolute atomic E-state index is 0.298. The van der Waals surface area contributed by atoms with Crippen LogP contribution in [-0.2, 0) is 4.74 Å². The van der Waals surface area contributed by atoms with Gasteiger partial charge in [0, 0.05) is 13.1 Å². The van der Waals surface area contributed by atoms with Crippen LogP contribution in [0.2, 0.25) is 0 Å². The molecule has 0 bridgehead atoms. The van der Waals surface area contributed by atoms with Crippen LogP contribution in [0.4, 0.5) is 0 Å². The Balaban J connectivity index is 3.47. The van der Waals surface area contributed by atoms with Crippen LogP contribution in [0, 0.1) is 0 Å². The smallest absolute Gasteiger partial charge is 0.0741 e. The topological polar surface area (TPSA) is 58.7 Å². The van der Waals surface area contributed by atoms with Crippen molar-refractivity contribution in [2.45, 2.75) is 45.3 Å². The highest BCUT2D eigenvalue weighted by atomic mass is 16.5. The molecule has 98 valence electrons. The van der Waals surface area contributed by atoms with Crippen molar-refractivity contribution in [2.75, 3.05) is 33.3 Å². The SMILES string of the molecule is CC(C)OCCN(C)CCCC(C)(O)CN. The highest BCUT2D eigenvalue weighted by Gasteiger charge is 2.17. The first kappa shape index (κ1) is 15.8. The number of likely N-dealkylation sites (N-methyl/N-ethyl adjacent to an activating group) is 1.